The topological polar surface area (TPSA) is 133 Å². The molecular weight excluding hydrogens is 685 g/mol. The fourth-order valence-electron chi connectivity index (χ4n) is 7.13. The summed E-state index contributed by atoms with van der Waals surface area (Å²) in [6.07, 6.45) is 0. The van der Waals surface area contributed by atoms with E-state index in [0.29, 0.717) is 50.2 Å². The Hall–Kier alpha value is -7.31. The number of aromatic nitrogens is 7. The average Bonchev–Trinajstić information content (AvgIpc) is 4.05. The summed E-state index contributed by atoms with van der Waals surface area (Å²) in [5.74, 6) is 0. The molecule has 11 rings (SSSR count). The molecule has 0 N–H and O–H groups in total. The first-order valence-corrected chi connectivity index (χ1v) is 17.6. The van der Waals surface area contributed by atoms with E-state index in [2.05, 4.69) is 85.5 Å². The van der Waals surface area contributed by atoms with E-state index in [1.165, 1.54) is 0 Å². The van der Waals surface area contributed by atoms with Crippen molar-refractivity contribution in [1.29, 1.82) is 0 Å². The smallest absolute Gasteiger partial charge is 0.159 e. The molecule has 0 fully saturated rings. The number of rotatable bonds is 6. The predicted molar refractivity (Wildman–Crippen MR) is 204 cm³/mol. The lowest BCUT2D eigenvalue weighted by Crippen LogP contribution is -2.12. The molecule has 11 aromatic rings. The number of nitrogens with zero attached hydrogens (tertiary/aromatic N) is 8. The first-order valence-electron chi connectivity index (χ1n) is 16.7. The Bertz CT molecular complexity index is 3130. The largest absolute Gasteiger partial charge is 0.303 e. The molecular formula is C41H22N8O3S. The van der Waals surface area contributed by atoms with Gasteiger partial charge in [-0.3, -0.25) is 0 Å². The first kappa shape index (κ1) is 29.4. The SMILES string of the molecule is c1ccc2c(-c3ccc(N(c4cccc5nonc45)c4ccc(-c5ccc(-c6nc7ccccc7s6)cc5)c5nonc45)c4nonc34)cccc2c1. The molecule has 0 bridgehead atoms. The van der Waals surface area contributed by atoms with Crippen LogP contribution in [-0.4, -0.2) is 35.9 Å². The number of hydrogen-bond acceptors (Lipinski definition) is 12. The Balaban J connectivity index is 1.08. The third-order valence-electron chi connectivity index (χ3n) is 9.59. The van der Waals surface area contributed by atoms with Crippen LogP contribution in [0.25, 0.3) is 86.9 Å². The first-order chi connectivity index (χ1) is 26.3. The molecule has 0 amide bonds. The minimum absolute atomic E-state index is 0.536. The molecule has 0 saturated carbocycles. The lowest BCUT2D eigenvalue weighted by Gasteiger charge is -2.25. The van der Waals surface area contributed by atoms with Crippen LogP contribution in [0, 0.1) is 0 Å². The van der Waals surface area contributed by atoms with E-state index in [1.54, 1.807) is 11.3 Å². The van der Waals surface area contributed by atoms with Crippen molar-refractivity contribution in [3.63, 3.8) is 0 Å². The number of benzene rings is 7. The average molecular weight is 707 g/mol. The van der Waals surface area contributed by atoms with Crippen LogP contribution in [0.5, 0.6) is 0 Å². The summed E-state index contributed by atoms with van der Waals surface area (Å²) in [5.41, 5.74) is 11.2. The maximum Gasteiger partial charge on any atom is 0.159 e. The van der Waals surface area contributed by atoms with Gasteiger partial charge in [-0.2, -0.15) is 0 Å². The van der Waals surface area contributed by atoms with Gasteiger partial charge in [-0.05, 0) is 101 Å². The van der Waals surface area contributed by atoms with Crippen LogP contribution in [0.3, 0.4) is 0 Å². The van der Waals surface area contributed by atoms with E-state index in [1.807, 2.05) is 83.8 Å². The van der Waals surface area contributed by atoms with Crippen LogP contribution >= 0.6 is 11.3 Å². The third-order valence-corrected chi connectivity index (χ3v) is 10.7. The van der Waals surface area contributed by atoms with E-state index < -0.39 is 0 Å². The second-order valence-corrected chi connectivity index (χ2v) is 13.6. The molecule has 0 saturated heterocycles. The van der Waals surface area contributed by atoms with Gasteiger partial charge in [-0.25, -0.2) is 18.9 Å². The summed E-state index contributed by atoms with van der Waals surface area (Å²) in [6, 6.07) is 44.7. The molecule has 0 aliphatic heterocycles. The van der Waals surface area contributed by atoms with Crippen LogP contribution in [0.1, 0.15) is 0 Å². The molecule has 7 aromatic carbocycles. The van der Waals surface area contributed by atoms with Crippen molar-refractivity contribution in [3.8, 4) is 32.8 Å². The Kier molecular flexibility index (Phi) is 6.45. The molecule has 0 aliphatic carbocycles. The lowest BCUT2D eigenvalue weighted by molar-refractivity contribution is 0.315. The molecule has 53 heavy (non-hydrogen) atoms. The van der Waals surface area contributed by atoms with E-state index in [4.69, 9.17) is 18.9 Å². The number of thiazole rings is 1. The highest BCUT2D eigenvalue weighted by Gasteiger charge is 2.27. The molecule has 0 unspecified atom stereocenters. The summed E-state index contributed by atoms with van der Waals surface area (Å²) in [4.78, 5) is 6.83. The standard InChI is InChI=1S/C41H22N8O3S/c1-2-9-26-23(7-1)8-5-10-28(26)29-20-22-34(40-37(29)45-52-48-40)49(32-13-6-12-31-38(32)46-50-43-31)33-21-19-27(36-39(33)47-51-44-36)24-15-17-25(18-16-24)41-42-30-11-3-4-14-35(30)53-41/h1-22H. The Labute approximate surface area is 302 Å². The van der Waals surface area contributed by atoms with Gasteiger partial charge in [-0.15, -0.1) is 11.3 Å². The normalized spacial score (nSPS) is 11.8. The Morgan fingerprint density at radius 2 is 1.02 bits per heavy atom. The van der Waals surface area contributed by atoms with Gasteiger partial charge in [0.05, 0.1) is 27.3 Å². The molecule has 11 nitrogen and oxygen atoms in total. The van der Waals surface area contributed by atoms with E-state index in [0.717, 1.165) is 53.8 Å². The van der Waals surface area contributed by atoms with Gasteiger partial charge in [-0.1, -0.05) is 84.9 Å². The molecule has 0 atom stereocenters. The van der Waals surface area contributed by atoms with Crippen LogP contribution < -0.4 is 4.90 Å². The monoisotopic (exact) mass is 706 g/mol. The zero-order valence-corrected chi connectivity index (χ0v) is 28.2. The lowest BCUT2D eigenvalue weighted by atomic mass is 9.96. The van der Waals surface area contributed by atoms with Crippen LogP contribution in [0.2, 0.25) is 0 Å². The summed E-state index contributed by atoms with van der Waals surface area (Å²) < 4.78 is 17.3. The van der Waals surface area contributed by atoms with Gasteiger partial charge < -0.3 is 4.90 Å². The number of para-hydroxylation sites is 1. The molecule has 4 heterocycles. The zero-order valence-electron chi connectivity index (χ0n) is 27.4. The summed E-state index contributed by atoms with van der Waals surface area (Å²) >= 11 is 1.67. The summed E-state index contributed by atoms with van der Waals surface area (Å²) in [7, 11) is 0. The molecule has 0 spiro atoms. The number of fused-ring (bicyclic) bond motifs is 5. The van der Waals surface area contributed by atoms with Crippen molar-refractivity contribution in [3.05, 3.63) is 133 Å². The highest BCUT2D eigenvalue weighted by Crippen LogP contribution is 2.46. The van der Waals surface area contributed by atoms with Crippen molar-refractivity contribution in [2.75, 3.05) is 4.90 Å². The fourth-order valence-corrected chi connectivity index (χ4v) is 8.10. The molecule has 4 aromatic heterocycles. The van der Waals surface area contributed by atoms with Crippen molar-refractivity contribution in [1.82, 2.24) is 35.9 Å². The van der Waals surface area contributed by atoms with Gasteiger partial charge in [0.1, 0.15) is 21.6 Å². The molecule has 12 heteroatoms. The summed E-state index contributed by atoms with van der Waals surface area (Å²) in [6.45, 7) is 0. The second kappa shape index (κ2) is 11.6. The minimum atomic E-state index is 0.536. The fraction of sp³-hybridized carbons (Fsp3) is 0. The molecule has 0 aliphatic rings. The van der Waals surface area contributed by atoms with Gasteiger partial charge >= 0.3 is 0 Å². The zero-order chi connectivity index (χ0) is 34.9. The van der Waals surface area contributed by atoms with Gasteiger partial charge in [0.25, 0.3) is 0 Å². The highest BCUT2D eigenvalue weighted by molar-refractivity contribution is 7.21. The molecule has 250 valence electrons. The van der Waals surface area contributed by atoms with Crippen LogP contribution in [0.15, 0.2) is 147 Å². The Morgan fingerprint density at radius 1 is 0.415 bits per heavy atom. The third kappa shape index (κ3) is 4.63. The van der Waals surface area contributed by atoms with Crippen molar-refractivity contribution >= 4 is 82.5 Å². The summed E-state index contributed by atoms with van der Waals surface area (Å²) in [5, 5.41) is 29.3. The van der Waals surface area contributed by atoms with E-state index in [9.17, 15) is 0 Å². The Morgan fingerprint density at radius 3 is 1.85 bits per heavy atom. The van der Waals surface area contributed by atoms with Crippen molar-refractivity contribution < 1.29 is 13.9 Å². The maximum absolute atomic E-state index is 5.46. The molecule has 0 radical (unpaired) electrons. The maximum atomic E-state index is 5.46. The highest BCUT2D eigenvalue weighted by atomic mass is 32.1. The van der Waals surface area contributed by atoms with E-state index >= 15 is 0 Å². The van der Waals surface area contributed by atoms with Crippen LogP contribution in [0.4, 0.5) is 17.1 Å². The quantitative estimate of drug-likeness (QED) is 0.163. The number of hydrogen-bond donors (Lipinski definition) is 0. The van der Waals surface area contributed by atoms with Crippen molar-refractivity contribution in [2.45, 2.75) is 0 Å². The number of anilines is 3. The van der Waals surface area contributed by atoms with Crippen molar-refractivity contribution in [2.24, 2.45) is 0 Å². The second-order valence-electron chi connectivity index (χ2n) is 12.5. The van der Waals surface area contributed by atoms with Gasteiger partial charge in [0.2, 0.25) is 0 Å². The van der Waals surface area contributed by atoms with Gasteiger partial charge in [0, 0.05) is 16.7 Å². The van der Waals surface area contributed by atoms with E-state index in [-0.39, 0.29) is 0 Å². The predicted octanol–water partition coefficient (Wildman–Crippen LogP) is 10.5. The van der Waals surface area contributed by atoms with Gasteiger partial charge in [0.15, 0.2) is 16.6 Å². The minimum Gasteiger partial charge on any atom is -0.303 e. The van der Waals surface area contributed by atoms with Crippen LogP contribution in [-0.2, 0) is 0 Å².